The summed E-state index contributed by atoms with van der Waals surface area (Å²) in [5.41, 5.74) is 0.825. The molecule has 6 heteroatoms. The van der Waals surface area contributed by atoms with E-state index in [-0.39, 0.29) is 5.56 Å². The molecule has 1 amide bonds. The molecule has 0 saturated carbocycles. The Labute approximate surface area is 143 Å². The summed E-state index contributed by atoms with van der Waals surface area (Å²) in [6, 6.07) is 14.9. The lowest BCUT2D eigenvalue weighted by molar-refractivity contribution is -0.111. The minimum Gasteiger partial charge on any atom is -0.306 e. The number of nitrogens with one attached hydrogen (secondary N) is 1. The van der Waals surface area contributed by atoms with E-state index in [4.69, 9.17) is 0 Å². The second-order valence-electron chi connectivity index (χ2n) is 5.34. The van der Waals surface area contributed by atoms with Gasteiger partial charge in [0.2, 0.25) is 5.91 Å². The van der Waals surface area contributed by atoms with Crippen molar-refractivity contribution in [1.29, 1.82) is 0 Å². The Morgan fingerprint density at radius 3 is 2.48 bits per heavy atom. The lowest BCUT2D eigenvalue weighted by Gasteiger charge is -2.01. The largest absolute Gasteiger partial charge is 0.306 e. The van der Waals surface area contributed by atoms with Crippen LogP contribution < -0.4 is 5.32 Å². The van der Waals surface area contributed by atoms with Crippen LogP contribution in [0, 0.1) is 11.6 Å². The highest BCUT2D eigenvalue weighted by Crippen LogP contribution is 2.14. The minimum atomic E-state index is -0.726. The lowest BCUT2D eigenvalue weighted by Crippen LogP contribution is -2.09. The zero-order valence-electron chi connectivity index (χ0n) is 13.2. The monoisotopic (exact) mass is 339 g/mol. The summed E-state index contributed by atoms with van der Waals surface area (Å²) in [6.45, 7) is 0.576. The zero-order chi connectivity index (χ0) is 17.6. The van der Waals surface area contributed by atoms with Gasteiger partial charge in [-0.15, -0.1) is 0 Å². The minimum absolute atomic E-state index is 0.257. The molecule has 4 nitrogen and oxygen atoms in total. The van der Waals surface area contributed by atoms with Crippen LogP contribution >= 0.6 is 0 Å². The topological polar surface area (TPSA) is 46.9 Å². The fourth-order valence-corrected chi connectivity index (χ4v) is 2.28. The first kappa shape index (κ1) is 16.6. The van der Waals surface area contributed by atoms with Gasteiger partial charge >= 0.3 is 0 Å². The average molecular weight is 339 g/mol. The summed E-state index contributed by atoms with van der Waals surface area (Å²) >= 11 is 0. The quantitative estimate of drug-likeness (QED) is 0.718. The van der Waals surface area contributed by atoms with E-state index in [1.165, 1.54) is 6.07 Å². The number of nitrogens with zero attached hydrogens (tertiary/aromatic N) is 2. The van der Waals surface area contributed by atoms with Crippen molar-refractivity contribution in [2.24, 2.45) is 0 Å². The molecule has 0 fully saturated rings. The van der Waals surface area contributed by atoms with Gasteiger partial charge in [-0.2, -0.15) is 5.10 Å². The predicted molar refractivity (Wildman–Crippen MR) is 91.8 cm³/mol. The van der Waals surface area contributed by atoms with E-state index >= 15 is 0 Å². The van der Waals surface area contributed by atoms with E-state index in [1.807, 2.05) is 30.3 Å². The predicted octanol–water partition coefficient (Wildman–Crippen LogP) is 3.86. The molecule has 3 rings (SSSR count). The second-order valence-corrected chi connectivity index (χ2v) is 5.34. The number of aromatic nitrogens is 2. The van der Waals surface area contributed by atoms with Crippen molar-refractivity contribution >= 4 is 17.8 Å². The third kappa shape index (κ3) is 4.38. The smallest absolute Gasteiger partial charge is 0.249 e. The van der Waals surface area contributed by atoms with Gasteiger partial charge in [0, 0.05) is 23.9 Å². The lowest BCUT2D eigenvalue weighted by atomic mass is 10.2. The Morgan fingerprint density at radius 1 is 1.04 bits per heavy atom. The van der Waals surface area contributed by atoms with Gasteiger partial charge in [0.25, 0.3) is 0 Å². The van der Waals surface area contributed by atoms with E-state index in [0.29, 0.717) is 12.4 Å². The third-order valence-electron chi connectivity index (χ3n) is 3.48. The maximum Gasteiger partial charge on any atom is 0.249 e. The molecule has 0 aliphatic rings. The summed E-state index contributed by atoms with van der Waals surface area (Å²) < 4.78 is 28.7. The Hall–Kier alpha value is -3.28. The Kier molecular flexibility index (Phi) is 4.99. The number of hydrogen-bond acceptors (Lipinski definition) is 2. The van der Waals surface area contributed by atoms with Crippen molar-refractivity contribution < 1.29 is 13.6 Å². The summed E-state index contributed by atoms with van der Waals surface area (Å²) in [4.78, 5) is 11.9. The third-order valence-corrected chi connectivity index (χ3v) is 3.48. The standard InChI is InChI=1S/C19H15F2N3O/c20-16-7-4-8-17(21)15(16)9-10-19(25)22-18-11-12-24(23-18)13-14-5-2-1-3-6-14/h1-12H,13H2,(H,22,23,25). The van der Waals surface area contributed by atoms with Gasteiger partial charge in [-0.25, -0.2) is 8.78 Å². The molecule has 25 heavy (non-hydrogen) atoms. The molecule has 0 atom stereocenters. The first-order valence-corrected chi connectivity index (χ1v) is 7.62. The van der Waals surface area contributed by atoms with Gasteiger partial charge in [-0.1, -0.05) is 36.4 Å². The van der Waals surface area contributed by atoms with Crippen molar-refractivity contribution in [3.8, 4) is 0 Å². The van der Waals surface area contributed by atoms with Crippen LogP contribution in [-0.4, -0.2) is 15.7 Å². The maximum atomic E-state index is 13.5. The molecule has 1 aromatic heterocycles. The number of carbonyl (C=O) groups is 1. The highest BCUT2D eigenvalue weighted by molar-refractivity contribution is 6.01. The van der Waals surface area contributed by atoms with Crippen LogP contribution in [0.4, 0.5) is 14.6 Å². The van der Waals surface area contributed by atoms with Crippen LogP contribution in [0.2, 0.25) is 0 Å². The number of benzene rings is 2. The molecule has 0 unspecified atom stereocenters. The molecule has 1 N–H and O–H groups in total. The molecule has 2 aromatic carbocycles. The molecule has 1 heterocycles. The summed E-state index contributed by atoms with van der Waals surface area (Å²) in [6.07, 6.45) is 3.90. The fraction of sp³-hybridized carbons (Fsp3) is 0.0526. The first-order valence-electron chi connectivity index (χ1n) is 7.62. The van der Waals surface area contributed by atoms with Crippen LogP contribution in [0.3, 0.4) is 0 Å². The number of rotatable bonds is 5. The molecule has 3 aromatic rings. The van der Waals surface area contributed by atoms with Crippen LogP contribution in [0.1, 0.15) is 11.1 Å². The SMILES string of the molecule is O=C(C=Cc1c(F)cccc1F)Nc1ccn(Cc2ccccc2)n1. The van der Waals surface area contributed by atoms with Gasteiger partial charge in [0.05, 0.1) is 6.54 Å². The number of amides is 1. The zero-order valence-corrected chi connectivity index (χ0v) is 13.2. The average Bonchev–Trinajstić information content (AvgIpc) is 3.02. The summed E-state index contributed by atoms with van der Waals surface area (Å²) in [7, 11) is 0. The van der Waals surface area contributed by atoms with Gasteiger partial charge < -0.3 is 5.32 Å². The number of carbonyl (C=O) groups excluding carboxylic acids is 1. The van der Waals surface area contributed by atoms with Crippen LogP contribution in [0.15, 0.2) is 66.9 Å². The van der Waals surface area contributed by atoms with Crippen molar-refractivity contribution in [3.05, 3.63) is 89.6 Å². The van der Waals surface area contributed by atoms with E-state index in [0.717, 1.165) is 29.8 Å². The molecule has 0 saturated heterocycles. The molecule has 0 aliphatic heterocycles. The maximum absolute atomic E-state index is 13.5. The van der Waals surface area contributed by atoms with Gasteiger partial charge in [-0.3, -0.25) is 9.48 Å². The molecule has 0 aliphatic carbocycles. The van der Waals surface area contributed by atoms with Crippen molar-refractivity contribution in [2.75, 3.05) is 5.32 Å². The molecule has 126 valence electrons. The van der Waals surface area contributed by atoms with Crippen molar-refractivity contribution in [3.63, 3.8) is 0 Å². The van der Waals surface area contributed by atoms with Crippen molar-refractivity contribution in [1.82, 2.24) is 9.78 Å². The Bertz CT molecular complexity index is 884. The van der Waals surface area contributed by atoms with Gasteiger partial charge in [0.1, 0.15) is 11.6 Å². The van der Waals surface area contributed by atoms with E-state index in [9.17, 15) is 13.6 Å². The van der Waals surface area contributed by atoms with E-state index < -0.39 is 17.5 Å². The fourth-order valence-electron chi connectivity index (χ4n) is 2.28. The summed E-state index contributed by atoms with van der Waals surface area (Å²) in [5, 5.41) is 6.79. The molecular formula is C19H15F2N3O. The van der Waals surface area contributed by atoms with Crippen LogP contribution in [0.5, 0.6) is 0 Å². The van der Waals surface area contributed by atoms with Crippen molar-refractivity contribution in [2.45, 2.75) is 6.54 Å². The van der Waals surface area contributed by atoms with E-state index in [2.05, 4.69) is 10.4 Å². The van der Waals surface area contributed by atoms with E-state index in [1.54, 1.807) is 16.9 Å². The second kappa shape index (κ2) is 7.53. The number of halogens is 2. The van der Waals surface area contributed by atoms with Gasteiger partial charge in [0.15, 0.2) is 5.82 Å². The Balaban J connectivity index is 1.63. The molecular weight excluding hydrogens is 324 g/mol. The number of hydrogen-bond donors (Lipinski definition) is 1. The van der Waals surface area contributed by atoms with Crippen LogP contribution in [0.25, 0.3) is 6.08 Å². The highest BCUT2D eigenvalue weighted by atomic mass is 19.1. The highest BCUT2D eigenvalue weighted by Gasteiger charge is 2.06. The number of anilines is 1. The Morgan fingerprint density at radius 2 is 1.76 bits per heavy atom. The molecule has 0 spiro atoms. The molecule has 0 bridgehead atoms. The summed E-state index contributed by atoms with van der Waals surface area (Å²) in [5.74, 6) is -1.61. The normalized spacial score (nSPS) is 11.0. The first-order chi connectivity index (χ1) is 12.1. The molecule has 0 radical (unpaired) electrons. The van der Waals surface area contributed by atoms with Crippen LogP contribution in [-0.2, 0) is 11.3 Å². The van der Waals surface area contributed by atoms with Gasteiger partial charge in [-0.05, 0) is 23.8 Å².